The van der Waals surface area contributed by atoms with Gasteiger partial charge in [-0.2, -0.15) is 0 Å². The van der Waals surface area contributed by atoms with Crippen molar-refractivity contribution in [3.8, 4) is 33.4 Å². The maximum atomic E-state index is 12.7. The molecule has 8 aromatic carbocycles. The first-order chi connectivity index (χ1) is 37.0. The average Bonchev–Trinajstić information content (AvgIpc) is 3.45. The van der Waals surface area contributed by atoms with Gasteiger partial charge in [0.2, 0.25) is 0 Å². The summed E-state index contributed by atoms with van der Waals surface area (Å²) in [5.74, 6) is 1.06. The van der Waals surface area contributed by atoms with E-state index in [9.17, 15) is 14.4 Å². The smallest absolute Gasteiger partial charge is 0.167 e. The Labute approximate surface area is 464 Å². The molecule has 390 valence electrons. The lowest BCUT2D eigenvalue weighted by Crippen LogP contribution is -2.12. The van der Waals surface area contributed by atoms with E-state index < -0.39 is 0 Å². The van der Waals surface area contributed by atoms with E-state index in [0.29, 0.717) is 60.6 Å². The first-order valence-corrected chi connectivity index (χ1v) is 27.0. The minimum Gasteiger partial charge on any atom is -0.380 e. The van der Waals surface area contributed by atoms with E-state index in [0.717, 1.165) is 78.2 Å². The second kappa shape index (κ2) is 29.7. The Hall–Kier alpha value is -6.48. The third-order valence-corrected chi connectivity index (χ3v) is 14.3. The van der Waals surface area contributed by atoms with E-state index in [1.165, 1.54) is 37.7 Å². The number of aryl methyl sites for hydroxylation is 1. The summed E-state index contributed by atoms with van der Waals surface area (Å²) in [6, 6.07) is 60.6. The third-order valence-electron chi connectivity index (χ3n) is 13.5. The average molecular weight is 1070 g/mol. The molecule has 6 nitrogen and oxygen atoms in total. The molecule has 0 aromatic heterocycles. The molecule has 0 heterocycles. The van der Waals surface area contributed by atoms with Gasteiger partial charge in [-0.15, -0.1) is 0 Å². The number of halogens is 3. The van der Waals surface area contributed by atoms with E-state index in [4.69, 9.17) is 49.0 Å². The van der Waals surface area contributed by atoms with E-state index >= 15 is 0 Å². The predicted octanol–water partition coefficient (Wildman–Crippen LogP) is 17.9. The fraction of sp³-hybridized carbons (Fsp3) is 0.239. The van der Waals surface area contributed by atoms with Crippen molar-refractivity contribution >= 4 is 52.2 Å². The van der Waals surface area contributed by atoms with E-state index in [-0.39, 0.29) is 17.3 Å². The van der Waals surface area contributed by atoms with Gasteiger partial charge in [0.1, 0.15) is 0 Å². The SMILES string of the molecule is COCc1cc(C(=O)CC2CCCCC2)ccc1-c1ccc(Cl)cc1.COCc1cc(C(=O)CCc2ccccc2)ccc1-c1ccc(Cl)cc1.COCc1cc(C(=O)Cc2ccccc2)ccc1-c1ccc(Cl)cc1. The summed E-state index contributed by atoms with van der Waals surface area (Å²) < 4.78 is 16.0. The van der Waals surface area contributed by atoms with Gasteiger partial charge in [-0.25, -0.2) is 0 Å². The van der Waals surface area contributed by atoms with Gasteiger partial charge < -0.3 is 14.2 Å². The van der Waals surface area contributed by atoms with E-state index in [2.05, 4.69) is 0 Å². The van der Waals surface area contributed by atoms with Crippen molar-refractivity contribution in [3.63, 3.8) is 0 Å². The Balaban J connectivity index is 0.000000166. The number of ketones is 3. The summed E-state index contributed by atoms with van der Waals surface area (Å²) in [4.78, 5) is 37.9. The fourth-order valence-electron chi connectivity index (χ4n) is 9.56. The molecule has 0 amide bonds. The van der Waals surface area contributed by atoms with E-state index in [1.807, 2.05) is 188 Å². The molecule has 0 unspecified atom stereocenters. The van der Waals surface area contributed by atoms with Crippen LogP contribution in [0.4, 0.5) is 0 Å². The molecule has 76 heavy (non-hydrogen) atoms. The second-order valence-corrected chi connectivity index (χ2v) is 20.4. The van der Waals surface area contributed by atoms with Crippen molar-refractivity contribution in [1.29, 1.82) is 0 Å². The number of rotatable bonds is 19. The lowest BCUT2D eigenvalue weighted by atomic mass is 9.84. The topological polar surface area (TPSA) is 78.9 Å². The molecule has 9 heteroatoms. The second-order valence-electron chi connectivity index (χ2n) is 19.1. The highest BCUT2D eigenvalue weighted by Gasteiger charge is 2.20. The lowest BCUT2D eigenvalue weighted by Gasteiger charge is -2.21. The molecular formula is C67H65Cl3O6. The normalized spacial score (nSPS) is 12.2. The lowest BCUT2D eigenvalue weighted by molar-refractivity contribution is 0.0947. The molecule has 0 atom stereocenters. The van der Waals surface area contributed by atoms with E-state index in [1.54, 1.807) is 21.3 Å². The molecule has 0 spiro atoms. The van der Waals surface area contributed by atoms with Gasteiger partial charge in [-0.1, -0.05) is 200 Å². The highest BCUT2D eigenvalue weighted by atomic mass is 35.5. The zero-order valence-electron chi connectivity index (χ0n) is 43.5. The van der Waals surface area contributed by atoms with Crippen molar-refractivity contribution in [2.24, 2.45) is 5.92 Å². The first-order valence-electron chi connectivity index (χ1n) is 25.8. The molecule has 1 fully saturated rings. The van der Waals surface area contributed by atoms with Gasteiger partial charge in [0, 0.05) is 72.4 Å². The number of ether oxygens (including phenoxy) is 3. The summed E-state index contributed by atoms with van der Waals surface area (Å²) >= 11 is 17.9. The minimum absolute atomic E-state index is 0.103. The van der Waals surface area contributed by atoms with Gasteiger partial charge in [-0.05, 0) is 128 Å². The molecular weight excluding hydrogens is 1010 g/mol. The Morgan fingerprint density at radius 1 is 0.421 bits per heavy atom. The maximum absolute atomic E-state index is 12.7. The fourth-order valence-corrected chi connectivity index (χ4v) is 9.94. The zero-order valence-corrected chi connectivity index (χ0v) is 45.8. The Morgan fingerprint density at radius 3 is 1.18 bits per heavy atom. The van der Waals surface area contributed by atoms with Crippen molar-refractivity contribution in [2.45, 2.75) is 77.6 Å². The summed E-state index contributed by atoms with van der Waals surface area (Å²) in [6.45, 7) is 1.39. The van der Waals surface area contributed by atoms with Gasteiger partial charge in [0.15, 0.2) is 17.3 Å². The van der Waals surface area contributed by atoms with Crippen LogP contribution in [0.25, 0.3) is 33.4 Å². The van der Waals surface area contributed by atoms with Crippen LogP contribution >= 0.6 is 34.8 Å². The maximum Gasteiger partial charge on any atom is 0.167 e. The Bertz CT molecular complexity index is 3110. The van der Waals surface area contributed by atoms with Crippen LogP contribution < -0.4 is 0 Å². The summed E-state index contributed by atoms with van der Waals surface area (Å²) in [6.07, 6.45) is 8.55. The summed E-state index contributed by atoms with van der Waals surface area (Å²) in [5, 5.41) is 2.12. The van der Waals surface area contributed by atoms with Crippen LogP contribution in [0, 0.1) is 5.92 Å². The minimum atomic E-state index is 0.103. The van der Waals surface area contributed by atoms with Crippen LogP contribution in [0.3, 0.4) is 0 Å². The molecule has 1 saturated carbocycles. The number of carbonyl (C=O) groups is 3. The van der Waals surface area contributed by atoms with Gasteiger partial charge in [0.05, 0.1) is 19.8 Å². The van der Waals surface area contributed by atoms with Crippen LogP contribution in [0.1, 0.15) is 104 Å². The highest BCUT2D eigenvalue weighted by molar-refractivity contribution is 6.31. The number of carbonyl (C=O) groups excluding carboxylic acids is 3. The number of hydrogen-bond acceptors (Lipinski definition) is 6. The third kappa shape index (κ3) is 17.0. The quantitative estimate of drug-likeness (QED) is 0.0751. The van der Waals surface area contributed by atoms with Crippen LogP contribution in [-0.4, -0.2) is 38.7 Å². The van der Waals surface area contributed by atoms with Crippen molar-refractivity contribution < 1.29 is 28.6 Å². The molecule has 9 rings (SSSR count). The summed E-state index contributed by atoms with van der Waals surface area (Å²) in [7, 11) is 5.00. The van der Waals surface area contributed by atoms with Crippen LogP contribution in [0.2, 0.25) is 15.1 Å². The number of hydrogen-bond donors (Lipinski definition) is 0. The Morgan fingerprint density at radius 2 is 0.789 bits per heavy atom. The highest BCUT2D eigenvalue weighted by Crippen LogP contribution is 2.32. The number of benzene rings is 8. The number of Topliss-reactive ketones (excluding diaryl/α,β-unsaturated/α-hetero) is 3. The molecule has 8 aromatic rings. The summed E-state index contributed by atoms with van der Waals surface area (Å²) in [5.41, 5.74) is 13.9. The van der Waals surface area contributed by atoms with Crippen molar-refractivity contribution in [2.75, 3.05) is 21.3 Å². The monoisotopic (exact) mass is 1070 g/mol. The van der Waals surface area contributed by atoms with Gasteiger partial charge in [-0.3, -0.25) is 14.4 Å². The van der Waals surface area contributed by atoms with Gasteiger partial charge in [0.25, 0.3) is 0 Å². The van der Waals surface area contributed by atoms with Gasteiger partial charge >= 0.3 is 0 Å². The molecule has 0 aliphatic heterocycles. The van der Waals surface area contributed by atoms with Crippen molar-refractivity contribution in [1.82, 2.24) is 0 Å². The number of methoxy groups -OCH3 is 3. The molecule has 0 radical (unpaired) electrons. The Kier molecular flexibility index (Phi) is 22.4. The molecule has 0 saturated heterocycles. The standard InChI is InChI=1S/C23H21ClO2.C22H25ClO2.C22H19ClO2/c1-26-16-20-15-19(23(25)14-7-17-5-3-2-4-6-17)10-13-22(20)18-8-11-21(24)12-9-18;2*1-25-15-19-14-18(22(24)13-16-5-3-2-4-6-16)9-12-21(19)17-7-10-20(23)11-8-17/h2-6,8-13,15H,7,14,16H2,1H3;7-12,14,16H,2-6,13,15H2,1H3;2-12,14H,13,15H2,1H3. The van der Waals surface area contributed by atoms with Crippen molar-refractivity contribution in [3.05, 3.63) is 248 Å². The molecule has 0 N–H and O–H groups in total. The predicted molar refractivity (Wildman–Crippen MR) is 312 cm³/mol. The molecule has 0 bridgehead atoms. The van der Waals surface area contributed by atoms with Crippen LogP contribution in [-0.2, 0) is 46.9 Å². The first kappa shape index (κ1) is 57.2. The van der Waals surface area contributed by atoms with Crippen LogP contribution in [0.15, 0.2) is 188 Å². The molecule has 1 aliphatic rings. The van der Waals surface area contributed by atoms with Crippen LogP contribution in [0.5, 0.6) is 0 Å². The zero-order chi connectivity index (χ0) is 53.7. The molecule has 1 aliphatic carbocycles. The largest absolute Gasteiger partial charge is 0.380 e.